The number of nitrogens with one attached hydrogen (secondary N) is 1. The second-order valence-electron chi connectivity index (χ2n) is 1.72. The number of hydrogen-bond donors (Lipinski definition) is 1. The molecule has 1 rings (SSSR count). The van der Waals surface area contributed by atoms with Gasteiger partial charge in [-0.15, -0.1) is 0 Å². The Balaban J connectivity index is 2.54. The van der Waals surface area contributed by atoms with Gasteiger partial charge in [0.1, 0.15) is 6.04 Å². The van der Waals surface area contributed by atoms with E-state index in [1.807, 2.05) is 6.29 Å². The first-order chi connectivity index (χ1) is 3.84. The van der Waals surface area contributed by atoms with Crippen molar-refractivity contribution >= 4 is 23.4 Å². The van der Waals surface area contributed by atoms with Crippen LogP contribution < -0.4 is 5.32 Å². The fourth-order valence-corrected chi connectivity index (χ4v) is 0.939. The van der Waals surface area contributed by atoms with Gasteiger partial charge in [-0.05, 0) is 6.42 Å². The molecule has 1 aliphatic rings. The topological polar surface area (TPSA) is 29.1 Å². The smallest absolute Gasteiger partial charge is 0.222 e. The van der Waals surface area contributed by atoms with Crippen molar-refractivity contribution in [1.29, 1.82) is 0 Å². The molecule has 0 amide bonds. The average molecular weight is 128 g/mol. The Bertz CT molecular complexity index is 124. The second-order valence-corrected chi connectivity index (χ2v) is 2.25. The molecule has 1 atom stereocenters. The van der Waals surface area contributed by atoms with Gasteiger partial charge in [-0.3, -0.25) is 4.79 Å². The zero-order valence-corrected chi connectivity index (χ0v) is 5.12. The minimum absolute atomic E-state index is 0.259. The molecule has 43 valence electrons. The van der Waals surface area contributed by atoms with Crippen LogP contribution in [0.15, 0.2) is 0 Å². The third-order valence-corrected chi connectivity index (χ3v) is 1.60. The van der Waals surface area contributed by atoms with Crippen LogP contribution in [0.5, 0.6) is 0 Å². The molecule has 0 aliphatic carbocycles. The van der Waals surface area contributed by atoms with Gasteiger partial charge in [0, 0.05) is 11.4 Å². The average Bonchev–Trinajstić information content (AvgIpc) is 2.14. The molecule has 1 N–H and O–H groups in total. The third-order valence-electron chi connectivity index (χ3n) is 1.16. The van der Waals surface area contributed by atoms with Crippen LogP contribution in [0.2, 0.25) is 0 Å². The van der Waals surface area contributed by atoms with Crippen molar-refractivity contribution in [2.75, 3.05) is 6.54 Å². The predicted molar refractivity (Wildman–Crippen MR) is 34.7 cm³/mol. The van der Waals surface area contributed by atoms with E-state index in [0.29, 0.717) is 0 Å². The zero-order valence-electron chi connectivity index (χ0n) is 4.31. The van der Waals surface area contributed by atoms with Crippen molar-refractivity contribution in [2.45, 2.75) is 12.5 Å². The third kappa shape index (κ3) is 0.928. The maximum Gasteiger partial charge on any atom is 0.222 e. The van der Waals surface area contributed by atoms with Crippen LogP contribution in [0.1, 0.15) is 6.42 Å². The van der Waals surface area contributed by atoms with E-state index in [4.69, 9.17) is 12.2 Å². The van der Waals surface area contributed by atoms with E-state index in [9.17, 15) is 4.79 Å². The fourth-order valence-electron chi connectivity index (χ4n) is 0.705. The van der Waals surface area contributed by atoms with Crippen LogP contribution in [0.3, 0.4) is 0 Å². The Kier molecular flexibility index (Phi) is 1.70. The first-order valence-corrected chi connectivity index (χ1v) is 2.89. The lowest BCUT2D eigenvalue weighted by Crippen LogP contribution is -2.27. The molecular weight excluding hydrogens is 122 g/mol. The van der Waals surface area contributed by atoms with Gasteiger partial charge in [0.05, 0.1) is 0 Å². The first kappa shape index (κ1) is 5.85. The van der Waals surface area contributed by atoms with Crippen LogP contribution in [0.25, 0.3) is 0 Å². The second kappa shape index (κ2) is 2.33. The van der Waals surface area contributed by atoms with E-state index < -0.39 is 0 Å². The molecule has 0 aromatic carbocycles. The predicted octanol–water partition coefficient (Wildman–Crippen LogP) is -0.172. The van der Waals surface area contributed by atoms with Crippen LogP contribution in [0, 0.1) is 0 Å². The number of rotatable bonds is 1. The summed E-state index contributed by atoms with van der Waals surface area (Å²) in [6, 6.07) is -0.259. The number of carbonyl (C=O) groups excluding carboxylic acids is 1. The van der Waals surface area contributed by atoms with Gasteiger partial charge in [0.15, 0.2) is 0 Å². The lowest BCUT2D eigenvalue weighted by molar-refractivity contribution is 0.545. The van der Waals surface area contributed by atoms with E-state index in [2.05, 4.69) is 5.32 Å². The molecule has 8 heavy (non-hydrogen) atoms. The largest absolute Gasteiger partial charge is 0.303 e. The molecule has 0 bridgehead atoms. The molecular formula is C5H6NOS. The van der Waals surface area contributed by atoms with Gasteiger partial charge in [-0.25, -0.2) is 0 Å². The quantitative estimate of drug-likeness (QED) is 0.497. The highest BCUT2D eigenvalue weighted by Crippen LogP contribution is 1.99. The Morgan fingerprint density at radius 2 is 2.62 bits per heavy atom. The Morgan fingerprint density at radius 3 is 2.88 bits per heavy atom. The standard InChI is InChI=1S/C5H6NOS/c7-3-4-5(8)1-2-6-4/h4,6H,1-2H2/t4-/m1/s1. The maximum atomic E-state index is 9.94. The molecule has 1 heterocycles. The Hall–Kier alpha value is -0.280. The maximum absolute atomic E-state index is 9.94. The van der Waals surface area contributed by atoms with Gasteiger partial charge in [0.2, 0.25) is 6.29 Å². The summed E-state index contributed by atoms with van der Waals surface area (Å²) in [5, 5.41) is 2.89. The summed E-state index contributed by atoms with van der Waals surface area (Å²) in [5.41, 5.74) is 0. The Morgan fingerprint density at radius 1 is 1.88 bits per heavy atom. The minimum atomic E-state index is -0.259. The van der Waals surface area contributed by atoms with Crippen molar-refractivity contribution in [1.82, 2.24) is 5.32 Å². The summed E-state index contributed by atoms with van der Waals surface area (Å²) in [7, 11) is 0. The summed E-state index contributed by atoms with van der Waals surface area (Å²) in [4.78, 5) is 10.7. The first-order valence-electron chi connectivity index (χ1n) is 2.48. The lowest BCUT2D eigenvalue weighted by Gasteiger charge is -1.94. The number of thiocarbonyl (C=S) groups is 1. The summed E-state index contributed by atoms with van der Waals surface area (Å²) in [5.74, 6) is 0. The van der Waals surface area contributed by atoms with Crippen LogP contribution in [0.4, 0.5) is 0 Å². The molecule has 0 aromatic heterocycles. The lowest BCUT2D eigenvalue weighted by atomic mass is 10.2. The molecule has 0 unspecified atom stereocenters. The summed E-state index contributed by atoms with van der Waals surface area (Å²) < 4.78 is 0. The van der Waals surface area contributed by atoms with Gasteiger partial charge < -0.3 is 5.32 Å². The van der Waals surface area contributed by atoms with Crippen molar-refractivity contribution in [3.05, 3.63) is 0 Å². The zero-order chi connectivity index (χ0) is 5.98. The van der Waals surface area contributed by atoms with Crippen molar-refractivity contribution in [3.63, 3.8) is 0 Å². The number of hydrogen-bond acceptors (Lipinski definition) is 3. The molecule has 0 aromatic rings. The molecule has 0 spiro atoms. The summed E-state index contributed by atoms with van der Waals surface area (Å²) in [6.07, 6.45) is 2.65. The SMILES string of the molecule is O=[C][C@H]1NCCC1=S. The molecule has 1 fully saturated rings. The summed E-state index contributed by atoms with van der Waals surface area (Å²) in [6.45, 7) is 0.832. The van der Waals surface area contributed by atoms with E-state index in [0.717, 1.165) is 17.8 Å². The highest BCUT2D eigenvalue weighted by molar-refractivity contribution is 7.80. The Labute approximate surface area is 53.3 Å². The molecule has 1 saturated heterocycles. The van der Waals surface area contributed by atoms with Gasteiger partial charge in [-0.1, -0.05) is 12.2 Å². The van der Waals surface area contributed by atoms with Crippen LogP contribution in [-0.2, 0) is 4.79 Å². The van der Waals surface area contributed by atoms with Gasteiger partial charge >= 0.3 is 0 Å². The van der Waals surface area contributed by atoms with Gasteiger partial charge in [0.25, 0.3) is 0 Å². The fraction of sp³-hybridized carbons (Fsp3) is 0.600. The monoisotopic (exact) mass is 128 g/mol. The highest BCUT2D eigenvalue weighted by atomic mass is 32.1. The van der Waals surface area contributed by atoms with E-state index >= 15 is 0 Å². The summed E-state index contributed by atoms with van der Waals surface area (Å²) >= 11 is 4.81. The van der Waals surface area contributed by atoms with E-state index in [1.54, 1.807) is 0 Å². The molecule has 0 saturated carbocycles. The van der Waals surface area contributed by atoms with Crippen molar-refractivity contribution in [2.24, 2.45) is 0 Å². The van der Waals surface area contributed by atoms with E-state index in [1.165, 1.54) is 0 Å². The molecule has 1 radical (unpaired) electrons. The van der Waals surface area contributed by atoms with Crippen molar-refractivity contribution < 1.29 is 4.79 Å². The van der Waals surface area contributed by atoms with Crippen molar-refractivity contribution in [3.8, 4) is 0 Å². The van der Waals surface area contributed by atoms with E-state index in [-0.39, 0.29) is 6.04 Å². The molecule has 3 heteroatoms. The molecule has 2 nitrogen and oxygen atoms in total. The highest BCUT2D eigenvalue weighted by Gasteiger charge is 2.18. The van der Waals surface area contributed by atoms with Crippen LogP contribution >= 0.6 is 12.2 Å². The molecule has 1 aliphatic heterocycles. The van der Waals surface area contributed by atoms with Gasteiger partial charge in [-0.2, -0.15) is 0 Å². The normalized spacial score (nSPS) is 28.5. The van der Waals surface area contributed by atoms with Crippen LogP contribution in [-0.4, -0.2) is 23.7 Å². The minimum Gasteiger partial charge on any atom is -0.303 e.